The highest BCUT2D eigenvalue weighted by atomic mass is 16.4. The fourth-order valence-electron chi connectivity index (χ4n) is 1.98. The third-order valence-corrected chi connectivity index (χ3v) is 2.89. The number of aliphatic hydroxyl groups is 1. The Balaban J connectivity index is 2.40. The van der Waals surface area contributed by atoms with Gasteiger partial charge in [0.25, 0.3) is 0 Å². The maximum absolute atomic E-state index is 8.78. The second-order valence-corrected chi connectivity index (χ2v) is 3.82. The molecule has 0 amide bonds. The Morgan fingerprint density at radius 3 is 2.93 bits per heavy atom. The maximum Gasteiger partial charge on any atom is 0.0627 e. The number of nitrogens with zero attached hydrogens (tertiary/aromatic N) is 2. The Bertz CT molecular complexity index is 195. The second-order valence-electron chi connectivity index (χ2n) is 3.82. The van der Waals surface area contributed by atoms with Crippen LogP contribution in [-0.2, 0) is 0 Å². The zero-order valence-corrected chi connectivity index (χ0v) is 8.82. The summed E-state index contributed by atoms with van der Waals surface area (Å²) in [5.41, 5.74) is 0.938. The van der Waals surface area contributed by atoms with Crippen molar-refractivity contribution in [2.24, 2.45) is 11.1 Å². The van der Waals surface area contributed by atoms with Gasteiger partial charge >= 0.3 is 0 Å². The van der Waals surface area contributed by atoms with Crippen molar-refractivity contribution in [2.75, 3.05) is 26.2 Å². The molecular formula is C10H20N2O2. The molecule has 82 valence electrons. The first-order valence-corrected chi connectivity index (χ1v) is 5.35. The highest BCUT2D eigenvalue weighted by Gasteiger charge is 2.23. The van der Waals surface area contributed by atoms with Gasteiger partial charge in [-0.1, -0.05) is 12.1 Å². The molecule has 1 saturated heterocycles. The van der Waals surface area contributed by atoms with Crippen molar-refractivity contribution in [3.05, 3.63) is 0 Å². The van der Waals surface area contributed by atoms with E-state index in [2.05, 4.69) is 17.0 Å². The Morgan fingerprint density at radius 1 is 1.57 bits per heavy atom. The molecule has 1 rings (SSSR count). The van der Waals surface area contributed by atoms with Crippen LogP contribution in [0.25, 0.3) is 0 Å². The van der Waals surface area contributed by atoms with E-state index in [9.17, 15) is 0 Å². The Kier molecular flexibility index (Phi) is 4.90. The first kappa shape index (κ1) is 11.5. The predicted molar refractivity (Wildman–Crippen MR) is 55.8 cm³/mol. The molecule has 0 spiro atoms. The van der Waals surface area contributed by atoms with Crippen molar-refractivity contribution in [2.45, 2.75) is 26.2 Å². The highest BCUT2D eigenvalue weighted by Crippen LogP contribution is 2.17. The lowest BCUT2D eigenvalue weighted by molar-refractivity contribution is 0.199. The van der Waals surface area contributed by atoms with Gasteiger partial charge in [-0.15, -0.1) is 0 Å². The quantitative estimate of drug-likeness (QED) is 0.524. The lowest BCUT2D eigenvalue weighted by Crippen LogP contribution is -2.41. The van der Waals surface area contributed by atoms with Gasteiger partial charge in [0.05, 0.1) is 5.71 Å². The third-order valence-electron chi connectivity index (χ3n) is 2.89. The molecule has 0 aromatic carbocycles. The molecular weight excluding hydrogens is 180 g/mol. The van der Waals surface area contributed by atoms with Crippen molar-refractivity contribution in [1.29, 1.82) is 0 Å². The van der Waals surface area contributed by atoms with Crippen LogP contribution < -0.4 is 0 Å². The van der Waals surface area contributed by atoms with E-state index >= 15 is 0 Å². The fraction of sp³-hybridized carbons (Fsp3) is 0.900. The lowest BCUT2D eigenvalue weighted by atomic mass is 9.93. The number of piperidine rings is 1. The van der Waals surface area contributed by atoms with Crippen LogP contribution in [0.3, 0.4) is 0 Å². The summed E-state index contributed by atoms with van der Waals surface area (Å²) in [7, 11) is 0. The van der Waals surface area contributed by atoms with Crippen LogP contribution in [-0.4, -0.2) is 47.2 Å². The molecule has 1 aliphatic heterocycles. The molecule has 0 aromatic heterocycles. The molecule has 14 heavy (non-hydrogen) atoms. The molecule has 1 heterocycles. The normalized spacial score (nSPS) is 27.0. The molecule has 0 bridgehead atoms. The Morgan fingerprint density at radius 2 is 2.36 bits per heavy atom. The van der Waals surface area contributed by atoms with Crippen molar-refractivity contribution in [3.63, 3.8) is 0 Å². The van der Waals surface area contributed by atoms with Crippen molar-refractivity contribution >= 4 is 5.71 Å². The molecule has 4 nitrogen and oxygen atoms in total. The molecule has 2 N–H and O–H groups in total. The number of oxime groups is 1. The van der Waals surface area contributed by atoms with Crippen LogP contribution in [0.2, 0.25) is 0 Å². The minimum absolute atomic E-state index is 0.258. The maximum atomic E-state index is 8.78. The van der Waals surface area contributed by atoms with E-state index in [0.29, 0.717) is 5.92 Å². The van der Waals surface area contributed by atoms with Gasteiger partial charge in [-0.05, 0) is 12.8 Å². The van der Waals surface area contributed by atoms with Crippen molar-refractivity contribution in [3.8, 4) is 0 Å². The van der Waals surface area contributed by atoms with Crippen LogP contribution in [0.5, 0.6) is 0 Å². The molecule has 1 atom stereocenters. The third kappa shape index (κ3) is 2.96. The van der Waals surface area contributed by atoms with Gasteiger partial charge in [0.15, 0.2) is 0 Å². The molecule has 4 heteroatoms. The van der Waals surface area contributed by atoms with Crippen LogP contribution in [0.1, 0.15) is 26.2 Å². The Labute approximate surface area is 85.2 Å². The highest BCUT2D eigenvalue weighted by molar-refractivity contribution is 5.87. The number of rotatable bonds is 4. The molecule has 0 aromatic rings. The first-order chi connectivity index (χ1) is 6.81. The van der Waals surface area contributed by atoms with Gasteiger partial charge in [-0.2, -0.15) is 0 Å². The predicted octanol–water partition coefficient (Wildman–Crippen LogP) is 0.931. The molecule has 1 unspecified atom stereocenters. The monoisotopic (exact) mass is 200 g/mol. The van der Waals surface area contributed by atoms with Crippen LogP contribution in [0.15, 0.2) is 5.16 Å². The number of hydrogen-bond donors (Lipinski definition) is 2. The van der Waals surface area contributed by atoms with E-state index in [1.165, 1.54) is 0 Å². The first-order valence-electron chi connectivity index (χ1n) is 5.35. The molecule has 0 aliphatic carbocycles. The molecule has 0 saturated carbocycles. The number of likely N-dealkylation sites (tertiary alicyclic amines) is 1. The zero-order valence-electron chi connectivity index (χ0n) is 8.82. The second kappa shape index (κ2) is 5.98. The molecule has 1 aliphatic rings. The molecule has 1 fully saturated rings. The van der Waals surface area contributed by atoms with Gasteiger partial charge < -0.3 is 15.2 Å². The molecule has 0 radical (unpaired) electrons. The van der Waals surface area contributed by atoms with Gasteiger partial charge in [0, 0.05) is 38.6 Å². The summed E-state index contributed by atoms with van der Waals surface area (Å²) >= 11 is 0. The minimum Gasteiger partial charge on any atom is -0.411 e. The number of aliphatic hydroxyl groups excluding tert-OH is 1. The summed E-state index contributed by atoms with van der Waals surface area (Å²) in [6, 6.07) is 0. The summed E-state index contributed by atoms with van der Waals surface area (Å²) < 4.78 is 0. The van der Waals surface area contributed by atoms with Crippen LogP contribution >= 0.6 is 0 Å². The van der Waals surface area contributed by atoms with Gasteiger partial charge in [0.2, 0.25) is 0 Å². The summed E-state index contributed by atoms with van der Waals surface area (Å²) in [6.45, 7) is 5.25. The van der Waals surface area contributed by atoms with Crippen LogP contribution in [0, 0.1) is 5.92 Å². The smallest absolute Gasteiger partial charge is 0.0627 e. The summed E-state index contributed by atoms with van der Waals surface area (Å²) in [4.78, 5) is 2.33. The summed E-state index contributed by atoms with van der Waals surface area (Å²) in [6.07, 6.45) is 2.72. The standard InChI is InChI=1S/C10H20N2O2/c1-2-9-8-12(5-3-7-13)6-4-10(9)11-14/h9,13-14H,2-8H2,1H3. The van der Waals surface area contributed by atoms with Gasteiger partial charge in [-0.25, -0.2) is 0 Å². The van der Waals surface area contributed by atoms with E-state index < -0.39 is 0 Å². The fourth-order valence-corrected chi connectivity index (χ4v) is 1.98. The van der Waals surface area contributed by atoms with Gasteiger partial charge in [0.1, 0.15) is 0 Å². The average Bonchev–Trinajstić information content (AvgIpc) is 2.25. The van der Waals surface area contributed by atoms with E-state index in [-0.39, 0.29) is 6.61 Å². The zero-order chi connectivity index (χ0) is 10.4. The SMILES string of the molecule is CCC1CN(CCCO)CCC1=NO. The lowest BCUT2D eigenvalue weighted by Gasteiger charge is -2.32. The summed E-state index contributed by atoms with van der Waals surface area (Å²) in [5.74, 6) is 0.396. The van der Waals surface area contributed by atoms with Crippen molar-refractivity contribution in [1.82, 2.24) is 4.90 Å². The van der Waals surface area contributed by atoms with E-state index in [4.69, 9.17) is 10.3 Å². The van der Waals surface area contributed by atoms with E-state index in [0.717, 1.165) is 44.6 Å². The minimum atomic E-state index is 0.258. The van der Waals surface area contributed by atoms with E-state index in [1.807, 2.05) is 0 Å². The van der Waals surface area contributed by atoms with Crippen molar-refractivity contribution < 1.29 is 10.3 Å². The van der Waals surface area contributed by atoms with E-state index in [1.54, 1.807) is 0 Å². The topological polar surface area (TPSA) is 56.1 Å². The number of hydrogen-bond acceptors (Lipinski definition) is 4. The average molecular weight is 200 g/mol. The summed E-state index contributed by atoms with van der Waals surface area (Å²) in [5, 5.41) is 20.9. The Hall–Kier alpha value is -0.610. The largest absolute Gasteiger partial charge is 0.411 e. The van der Waals surface area contributed by atoms with Gasteiger partial charge in [-0.3, -0.25) is 0 Å². The van der Waals surface area contributed by atoms with Crippen LogP contribution in [0.4, 0.5) is 0 Å².